The molecule has 0 aliphatic rings. The molecule has 0 bridgehead atoms. The maximum absolute atomic E-state index is 10.9. The van der Waals surface area contributed by atoms with E-state index in [9.17, 15) is 4.79 Å². The lowest BCUT2D eigenvalue weighted by Crippen LogP contribution is -2.35. The Bertz CT molecular complexity index is 595. The monoisotopic (exact) mass is 294 g/mol. The van der Waals surface area contributed by atoms with E-state index in [0.29, 0.717) is 23.0 Å². The summed E-state index contributed by atoms with van der Waals surface area (Å²) in [4.78, 5) is 12.6. The molecule has 20 heavy (non-hydrogen) atoms. The Morgan fingerprint density at radius 1 is 1.45 bits per heavy atom. The van der Waals surface area contributed by atoms with Crippen LogP contribution in [0.5, 0.6) is 0 Å². The molecular formula is C14H15ClN2O3. The number of rotatable bonds is 5. The summed E-state index contributed by atoms with van der Waals surface area (Å²) in [6.07, 6.45) is 0. The number of halogens is 1. The van der Waals surface area contributed by atoms with Crippen LogP contribution < -0.4 is 0 Å². The maximum atomic E-state index is 10.9. The zero-order chi connectivity index (χ0) is 14.7. The van der Waals surface area contributed by atoms with E-state index in [1.165, 1.54) is 0 Å². The lowest BCUT2D eigenvalue weighted by Gasteiger charge is -2.18. The molecule has 0 aliphatic carbocycles. The van der Waals surface area contributed by atoms with Gasteiger partial charge in [0.15, 0.2) is 5.76 Å². The minimum atomic E-state index is -0.870. The molecule has 1 aromatic carbocycles. The quantitative estimate of drug-likeness (QED) is 0.918. The molecular weight excluding hydrogens is 280 g/mol. The van der Waals surface area contributed by atoms with Crippen molar-refractivity contribution >= 4 is 17.6 Å². The Kier molecular flexibility index (Phi) is 4.42. The van der Waals surface area contributed by atoms with Gasteiger partial charge in [-0.15, -0.1) is 0 Å². The number of benzene rings is 1. The fourth-order valence-electron chi connectivity index (χ4n) is 1.72. The first kappa shape index (κ1) is 14.6. The average molecular weight is 295 g/mol. The van der Waals surface area contributed by atoms with Gasteiger partial charge >= 0.3 is 5.97 Å². The van der Waals surface area contributed by atoms with Crippen molar-refractivity contribution in [3.8, 4) is 11.3 Å². The average Bonchev–Trinajstić information content (AvgIpc) is 2.87. The second-order valence-electron chi connectivity index (χ2n) is 4.61. The van der Waals surface area contributed by atoms with E-state index in [-0.39, 0.29) is 0 Å². The van der Waals surface area contributed by atoms with Gasteiger partial charge in [0, 0.05) is 16.7 Å². The topological polar surface area (TPSA) is 66.6 Å². The minimum Gasteiger partial charge on any atom is -0.480 e. The summed E-state index contributed by atoms with van der Waals surface area (Å²) in [6.45, 7) is 2.01. The van der Waals surface area contributed by atoms with Gasteiger partial charge in [-0.05, 0) is 26.1 Å². The van der Waals surface area contributed by atoms with Gasteiger partial charge in [0.05, 0.1) is 6.54 Å². The zero-order valence-electron chi connectivity index (χ0n) is 11.2. The van der Waals surface area contributed by atoms with Crippen LogP contribution in [0.15, 0.2) is 34.9 Å². The van der Waals surface area contributed by atoms with Gasteiger partial charge in [0.25, 0.3) is 0 Å². The zero-order valence-corrected chi connectivity index (χ0v) is 12.0. The highest BCUT2D eigenvalue weighted by Gasteiger charge is 2.18. The van der Waals surface area contributed by atoms with E-state index in [4.69, 9.17) is 21.2 Å². The molecule has 1 aromatic heterocycles. The van der Waals surface area contributed by atoms with Gasteiger partial charge in [0.2, 0.25) is 0 Å². The summed E-state index contributed by atoms with van der Waals surface area (Å²) >= 11 is 5.83. The first-order chi connectivity index (χ1) is 9.47. The molecule has 106 valence electrons. The molecule has 0 radical (unpaired) electrons. The number of hydrogen-bond acceptors (Lipinski definition) is 4. The summed E-state index contributed by atoms with van der Waals surface area (Å²) in [5.41, 5.74) is 1.60. The van der Waals surface area contributed by atoms with Gasteiger partial charge in [-0.3, -0.25) is 9.69 Å². The number of aliphatic carboxylic acids is 1. The summed E-state index contributed by atoms with van der Waals surface area (Å²) in [7, 11) is 1.73. The smallest absolute Gasteiger partial charge is 0.320 e. The van der Waals surface area contributed by atoms with Crippen LogP contribution in [0.3, 0.4) is 0 Å². The molecule has 2 rings (SSSR count). The predicted octanol–water partition coefficient (Wildman–Crippen LogP) is 2.90. The van der Waals surface area contributed by atoms with Crippen molar-refractivity contribution in [1.82, 2.24) is 10.1 Å². The van der Waals surface area contributed by atoms with Crippen LogP contribution in [0.4, 0.5) is 0 Å². The largest absolute Gasteiger partial charge is 0.480 e. The lowest BCUT2D eigenvalue weighted by atomic mass is 10.1. The standard InChI is InChI=1S/C14H15ClN2O3/c1-9(14(18)19)17(2)8-12-7-13(16-20-12)10-3-5-11(15)6-4-10/h3-7,9H,8H2,1-2H3,(H,18,19)/t9-/m0/s1. The fourth-order valence-corrected chi connectivity index (χ4v) is 1.84. The van der Waals surface area contributed by atoms with Crippen molar-refractivity contribution < 1.29 is 14.4 Å². The molecule has 1 heterocycles. The van der Waals surface area contributed by atoms with Crippen LogP contribution in [0, 0.1) is 0 Å². The predicted molar refractivity (Wildman–Crippen MR) is 75.5 cm³/mol. The van der Waals surface area contributed by atoms with E-state index >= 15 is 0 Å². The van der Waals surface area contributed by atoms with Gasteiger partial charge in [0.1, 0.15) is 11.7 Å². The van der Waals surface area contributed by atoms with Crippen LogP contribution in [-0.2, 0) is 11.3 Å². The van der Waals surface area contributed by atoms with Crippen molar-refractivity contribution in [2.45, 2.75) is 19.5 Å². The van der Waals surface area contributed by atoms with Crippen molar-refractivity contribution in [1.29, 1.82) is 0 Å². The molecule has 0 amide bonds. The summed E-state index contributed by atoms with van der Waals surface area (Å²) < 4.78 is 5.23. The number of nitrogens with zero attached hydrogens (tertiary/aromatic N) is 2. The lowest BCUT2D eigenvalue weighted by molar-refractivity contribution is -0.142. The van der Waals surface area contributed by atoms with Crippen molar-refractivity contribution in [2.24, 2.45) is 0 Å². The first-order valence-electron chi connectivity index (χ1n) is 6.12. The van der Waals surface area contributed by atoms with Gasteiger partial charge in [-0.1, -0.05) is 28.9 Å². The van der Waals surface area contributed by atoms with Crippen LogP contribution in [0.2, 0.25) is 5.02 Å². The third-order valence-electron chi connectivity index (χ3n) is 3.12. The van der Waals surface area contributed by atoms with Gasteiger partial charge in [-0.2, -0.15) is 0 Å². The molecule has 1 N–H and O–H groups in total. The minimum absolute atomic E-state index is 0.383. The third kappa shape index (κ3) is 3.37. The van der Waals surface area contributed by atoms with E-state index in [2.05, 4.69) is 5.16 Å². The number of likely N-dealkylation sites (N-methyl/N-ethyl adjacent to an activating group) is 1. The van der Waals surface area contributed by atoms with Gasteiger partial charge < -0.3 is 9.63 Å². The second kappa shape index (κ2) is 6.07. The number of aromatic nitrogens is 1. The Hall–Kier alpha value is -1.85. The Labute approximate surface area is 121 Å². The Morgan fingerprint density at radius 3 is 2.70 bits per heavy atom. The van der Waals surface area contributed by atoms with Crippen LogP contribution in [0.25, 0.3) is 11.3 Å². The molecule has 0 aliphatic heterocycles. The molecule has 0 spiro atoms. The fraction of sp³-hybridized carbons (Fsp3) is 0.286. The molecule has 0 fully saturated rings. The third-order valence-corrected chi connectivity index (χ3v) is 3.37. The summed E-state index contributed by atoms with van der Waals surface area (Å²) in [5, 5.41) is 13.6. The summed E-state index contributed by atoms with van der Waals surface area (Å²) in [5.74, 6) is -0.254. The van der Waals surface area contributed by atoms with Crippen LogP contribution in [0.1, 0.15) is 12.7 Å². The van der Waals surface area contributed by atoms with E-state index in [1.54, 1.807) is 37.1 Å². The maximum Gasteiger partial charge on any atom is 0.320 e. The van der Waals surface area contributed by atoms with E-state index in [1.807, 2.05) is 12.1 Å². The summed E-state index contributed by atoms with van der Waals surface area (Å²) in [6, 6.07) is 8.49. The second-order valence-corrected chi connectivity index (χ2v) is 5.05. The molecule has 1 atom stereocenters. The number of carboxylic acid groups (broad SMARTS) is 1. The molecule has 0 saturated carbocycles. The molecule has 0 unspecified atom stereocenters. The van der Waals surface area contributed by atoms with Crippen molar-refractivity contribution in [3.05, 3.63) is 41.1 Å². The Balaban J connectivity index is 2.09. The van der Waals surface area contributed by atoms with Crippen LogP contribution >= 0.6 is 11.6 Å². The number of carbonyl (C=O) groups is 1. The molecule has 6 heteroatoms. The number of hydrogen-bond donors (Lipinski definition) is 1. The molecule has 5 nitrogen and oxygen atoms in total. The molecule has 2 aromatic rings. The highest BCUT2D eigenvalue weighted by Crippen LogP contribution is 2.22. The number of carboxylic acids is 1. The van der Waals surface area contributed by atoms with E-state index < -0.39 is 12.0 Å². The SMILES string of the molecule is C[C@@H](C(=O)O)N(C)Cc1cc(-c2ccc(Cl)cc2)no1. The van der Waals surface area contributed by atoms with Crippen LogP contribution in [-0.4, -0.2) is 34.2 Å². The normalized spacial score (nSPS) is 12.6. The molecule has 0 saturated heterocycles. The Morgan fingerprint density at radius 2 is 2.10 bits per heavy atom. The highest BCUT2D eigenvalue weighted by atomic mass is 35.5. The van der Waals surface area contributed by atoms with Crippen molar-refractivity contribution in [2.75, 3.05) is 7.05 Å². The van der Waals surface area contributed by atoms with Crippen molar-refractivity contribution in [3.63, 3.8) is 0 Å². The first-order valence-corrected chi connectivity index (χ1v) is 6.49. The highest BCUT2D eigenvalue weighted by molar-refractivity contribution is 6.30. The van der Waals surface area contributed by atoms with Gasteiger partial charge in [-0.25, -0.2) is 0 Å². The van der Waals surface area contributed by atoms with E-state index in [0.717, 1.165) is 5.56 Å².